The molecule has 2 heterocycles. The first-order valence-corrected chi connectivity index (χ1v) is 8.45. The smallest absolute Gasteiger partial charge is 0.295 e. The first kappa shape index (κ1) is 18.8. The van der Waals surface area contributed by atoms with Crippen LogP contribution >= 0.6 is 0 Å². The predicted molar refractivity (Wildman–Crippen MR) is 95.5 cm³/mol. The molecule has 0 aliphatic carbocycles. The van der Waals surface area contributed by atoms with E-state index in [1.165, 1.54) is 30.2 Å². The minimum Gasteiger partial charge on any atom is -0.507 e. The number of benzene rings is 1. The fourth-order valence-corrected chi connectivity index (χ4v) is 3.14. The molecule has 1 atom stereocenters. The maximum atomic E-state index is 13.6. The number of carbonyl (C=O) groups excluding carboxylic acids is 2. The Morgan fingerprint density at radius 3 is 2.59 bits per heavy atom. The number of aliphatic hydroxyl groups is 1. The molecule has 6 nitrogen and oxygen atoms in total. The number of Topliss-reactive ketones (excluding diaryl/α,β-unsaturated/α-hetero) is 1. The van der Waals surface area contributed by atoms with E-state index in [9.17, 15) is 19.1 Å². The van der Waals surface area contributed by atoms with Gasteiger partial charge in [0.25, 0.3) is 11.7 Å². The van der Waals surface area contributed by atoms with Crippen LogP contribution in [0.5, 0.6) is 0 Å². The molecule has 1 N–H and O–H groups in total. The van der Waals surface area contributed by atoms with Gasteiger partial charge >= 0.3 is 0 Å². The van der Waals surface area contributed by atoms with E-state index < -0.39 is 23.5 Å². The average molecular weight is 373 g/mol. The van der Waals surface area contributed by atoms with Crippen molar-refractivity contribution in [1.29, 1.82) is 0 Å². The van der Waals surface area contributed by atoms with Crippen LogP contribution in [0.4, 0.5) is 4.39 Å². The molecule has 1 aromatic heterocycles. The van der Waals surface area contributed by atoms with E-state index in [1.54, 1.807) is 26.0 Å². The van der Waals surface area contributed by atoms with E-state index in [4.69, 9.17) is 9.15 Å². The van der Waals surface area contributed by atoms with Crippen molar-refractivity contribution in [2.45, 2.75) is 19.9 Å². The Bertz CT molecular complexity index is 930. The Morgan fingerprint density at radius 2 is 2.00 bits per heavy atom. The predicted octanol–water partition coefficient (Wildman–Crippen LogP) is 3.10. The topological polar surface area (TPSA) is 80.0 Å². The van der Waals surface area contributed by atoms with E-state index in [-0.39, 0.29) is 30.0 Å². The van der Waals surface area contributed by atoms with Crippen LogP contribution in [0.2, 0.25) is 0 Å². The number of hydrogen-bond acceptors (Lipinski definition) is 5. The maximum Gasteiger partial charge on any atom is 0.295 e. The molecule has 1 fully saturated rings. The Kier molecular flexibility index (Phi) is 5.14. The number of likely N-dealkylation sites (tertiary alicyclic amines) is 1. The fraction of sp³-hybridized carbons (Fsp3) is 0.300. The SMILES string of the molecule is COCCN1C(=O)C(=O)/C(=C(\O)c2ccc(F)c(C)c2)C1c1ccc(C)o1. The van der Waals surface area contributed by atoms with Crippen LogP contribution in [0.15, 0.2) is 40.3 Å². The van der Waals surface area contributed by atoms with Crippen LogP contribution in [-0.4, -0.2) is 42.0 Å². The molecule has 142 valence electrons. The van der Waals surface area contributed by atoms with Gasteiger partial charge in [0.1, 0.15) is 29.1 Å². The summed E-state index contributed by atoms with van der Waals surface area (Å²) in [5.74, 6) is -1.38. The van der Waals surface area contributed by atoms with E-state index in [1.807, 2.05) is 0 Å². The molecule has 3 rings (SSSR count). The van der Waals surface area contributed by atoms with Crippen molar-refractivity contribution in [2.75, 3.05) is 20.3 Å². The van der Waals surface area contributed by atoms with Crippen LogP contribution in [0.25, 0.3) is 5.76 Å². The monoisotopic (exact) mass is 373 g/mol. The second-order valence-corrected chi connectivity index (χ2v) is 6.40. The molecule has 0 bridgehead atoms. The highest BCUT2D eigenvalue weighted by Crippen LogP contribution is 2.39. The molecule has 7 heteroatoms. The number of ether oxygens (including phenoxy) is 1. The number of ketones is 1. The zero-order chi connectivity index (χ0) is 19.7. The van der Waals surface area contributed by atoms with Gasteiger partial charge in [0.15, 0.2) is 0 Å². The van der Waals surface area contributed by atoms with Gasteiger partial charge in [-0.3, -0.25) is 9.59 Å². The number of furan rings is 1. The minimum absolute atomic E-state index is 0.0866. The number of carbonyl (C=O) groups is 2. The average Bonchev–Trinajstić information content (AvgIpc) is 3.17. The summed E-state index contributed by atoms with van der Waals surface area (Å²) >= 11 is 0. The van der Waals surface area contributed by atoms with E-state index in [0.29, 0.717) is 17.1 Å². The lowest BCUT2D eigenvalue weighted by atomic mass is 9.98. The summed E-state index contributed by atoms with van der Waals surface area (Å²) in [7, 11) is 1.49. The quantitative estimate of drug-likeness (QED) is 0.495. The summed E-state index contributed by atoms with van der Waals surface area (Å²) in [5.41, 5.74) is 0.487. The molecule has 27 heavy (non-hydrogen) atoms. The summed E-state index contributed by atoms with van der Waals surface area (Å²) in [6.45, 7) is 3.68. The largest absolute Gasteiger partial charge is 0.507 e. The molecule has 1 unspecified atom stereocenters. The van der Waals surface area contributed by atoms with Gasteiger partial charge in [-0.25, -0.2) is 4.39 Å². The van der Waals surface area contributed by atoms with Gasteiger partial charge in [-0.05, 0) is 49.7 Å². The van der Waals surface area contributed by atoms with Crippen LogP contribution in [0.3, 0.4) is 0 Å². The van der Waals surface area contributed by atoms with E-state index in [2.05, 4.69) is 0 Å². The van der Waals surface area contributed by atoms with Crippen molar-refractivity contribution in [3.05, 3.63) is 64.4 Å². The lowest BCUT2D eigenvalue weighted by Gasteiger charge is -2.22. The summed E-state index contributed by atoms with van der Waals surface area (Å²) < 4.78 is 24.2. The second kappa shape index (κ2) is 7.36. The lowest BCUT2D eigenvalue weighted by Crippen LogP contribution is -2.32. The van der Waals surface area contributed by atoms with Gasteiger partial charge in [-0.2, -0.15) is 0 Å². The Hall–Kier alpha value is -2.93. The molecule has 1 aliphatic heterocycles. The number of nitrogens with zero attached hydrogens (tertiary/aromatic N) is 1. The molecule has 1 aromatic carbocycles. The van der Waals surface area contributed by atoms with Crippen molar-refractivity contribution in [3.8, 4) is 0 Å². The Morgan fingerprint density at radius 1 is 1.26 bits per heavy atom. The van der Waals surface area contributed by atoms with Gasteiger partial charge in [0.05, 0.1) is 12.2 Å². The number of methoxy groups -OCH3 is 1. The summed E-state index contributed by atoms with van der Waals surface area (Å²) in [6.07, 6.45) is 0. The molecular formula is C20H20FNO5. The van der Waals surface area contributed by atoms with Crippen LogP contribution in [-0.2, 0) is 14.3 Å². The summed E-state index contributed by atoms with van der Waals surface area (Å²) in [6, 6.07) is 6.50. The van der Waals surface area contributed by atoms with Gasteiger partial charge in [-0.1, -0.05) is 0 Å². The molecule has 0 spiro atoms. The molecule has 1 amide bonds. The summed E-state index contributed by atoms with van der Waals surface area (Å²) in [5, 5.41) is 10.8. The van der Waals surface area contributed by atoms with Crippen LogP contribution < -0.4 is 0 Å². The number of halogens is 1. The van der Waals surface area contributed by atoms with E-state index in [0.717, 1.165) is 0 Å². The standard InChI is InChI=1S/C20H20FNO5/c1-11-10-13(5-6-14(11)21)18(23)16-17(15-7-4-12(2)27-15)22(8-9-26-3)20(25)19(16)24/h4-7,10,17,23H,8-9H2,1-3H3/b18-16-. The highest BCUT2D eigenvalue weighted by molar-refractivity contribution is 6.46. The molecular weight excluding hydrogens is 353 g/mol. The third kappa shape index (κ3) is 3.38. The Labute approximate surface area is 155 Å². The first-order chi connectivity index (χ1) is 12.8. The van der Waals surface area contributed by atoms with Gasteiger partial charge in [0, 0.05) is 19.2 Å². The van der Waals surface area contributed by atoms with Crippen molar-refractivity contribution in [2.24, 2.45) is 0 Å². The van der Waals surface area contributed by atoms with Crippen LogP contribution in [0.1, 0.15) is 28.7 Å². The highest BCUT2D eigenvalue weighted by Gasteiger charge is 2.47. The maximum absolute atomic E-state index is 13.6. The zero-order valence-electron chi connectivity index (χ0n) is 15.3. The number of hydrogen-bond donors (Lipinski definition) is 1. The lowest BCUT2D eigenvalue weighted by molar-refractivity contribution is -0.140. The van der Waals surface area contributed by atoms with Crippen molar-refractivity contribution < 1.29 is 28.2 Å². The highest BCUT2D eigenvalue weighted by atomic mass is 19.1. The molecule has 0 radical (unpaired) electrons. The fourth-order valence-electron chi connectivity index (χ4n) is 3.14. The van der Waals surface area contributed by atoms with Crippen LogP contribution in [0, 0.1) is 19.7 Å². The van der Waals surface area contributed by atoms with Crippen molar-refractivity contribution in [1.82, 2.24) is 4.90 Å². The van der Waals surface area contributed by atoms with Gasteiger partial charge in [-0.15, -0.1) is 0 Å². The third-order valence-corrected chi connectivity index (χ3v) is 4.54. The number of rotatable bonds is 5. The zero-order valence-corrected chi connectivity index (χ0v) is 15.3. The molecule has 0 saturated carbocycles. The molecule has 1 aliphatic rings. The Balaban J connectivity index is 2.16. The summed E-state index contributed by atoms with van der Waals surface area (Å²) in [4.78, 5) is 26.5. The normalized spacial score (nSPS) is 19.1. The van der Waals surface area contributed by atoms with Crippen molar-refractivity contribution in [3.63, 3.8) is 0 Å². The van der Waals surface area contributed by atoms with Gasteiger partial charge in [0.2, 0.25) is 0 Å². The minimum atomic E-state index is -0.876. The molecule has 1 saturated heterocycles. The van der Waals surface area contributed by atoms with Crippen molar-refractivity contribution >= 4 is 17.4 Å². The van der Waals surface area contributed by atoms with E-state index >= 15 is 0 Å². The number of amides is 1. The second-order valence-electron chi connectivity index (χ2n) is 6.40. The molecule has 2 aromatic rings. The first-order valence-electron chi connectivity index (χ1n) is 8.45. The number of aliphatic hydroxyl groups excluding tert-OH is 1. The number of aryl methyl sites for hydroxylation is 2. The third-order valence-electron chi connectivity index (χ3n) is 4.54. The van der Waals surface area contributed by atoms with Gasteiger partial charge < -0.3 is 19.2 Å².